The molecule has 1 amide bonds. The number of carbonyl (C=O) groups excluding carboxylic acids is 1. The third-order valence-corrected chi connectivity index (χ3v) is 4.19. The maximum Gasteiger partial charge on any atom is 0.422 e. The molecule has 0 bridgehead atoms. The van der Waals surface area contributed by atoms with E-state index in [-0.39, 0.29) is 23.4 Å². The van der Waals surface area contributed by atoms with E-state index in [1.807, 2.05) is 0 Å². The molecular weight excluding hydrogens is 363 g/mol. The summed E-state index contributed by atoms with van der Waals surface area (Å²) in [5, 5.41) is 2.90. The Bertz CT molecular complexity index is 588. The summed E-state index contributed by atoms with van der Waals surface area (Å²) < 4.78 is 46.3. The van der Waals surface area contributed by atoms with Crippen LogP contribution in [0, 0.1) is 5.92 Å². The quantitative estimate of drug-likeness (QED) is 0.740. The van der Waals surface area contributed by atoms with Gasteiger partial charge in [0, 0.05) is 37.9 Å². The Kier molecular flexibility index (Phi) is 7.85. The number of aromatic nitrogens is 1. The third kappa shape index (κ3) is 7.72. The Balaban J connectivity index is 1.88. The molecule has 0 aliphatic carbocycles. The molecule has 1 aromatic heterocycles. The number of rotatable bonds is 8. The van der Waals surface area contributed by atoms with E-state index in [9.17, 15) is 18.0 Å². The summed E-state index contributed by atoms with van der Waals surface area (Å²) in [6, 6.07) is 2.87. The van der Waals surface area contributed by atoms with Crippen molar-refractivity contribution in [2.24, 2.45) is 5.92 Å². The van der Waals surface area contributed by atoms with Crippen molar-refractivity contribution in [3.05, 3.63) is 23.9 Å². The average Bonchev–Trinajstić information content (AvgIpc) is 2.63. The first-order chi connectivity index (χ1) is 12.7. The molecule has 1 N–H and O–H groups in total. The second-order valence-corrected chi connectivity index (χ2v) is 6.93. The van der Waals surface area contributed by atoms with Gasteiger partial charge in [-0.25, -0.2) is 4.98 Å². The molecule has 1 fully saturated rings. The van der Waals surface area contributed by atoms with Gasteiger partial charge in [-0.3, -0.25) is 9.69 Å². The number of nitrogens with one attached hydrogen (secondary N) is 1. The van der Waals surface area contributed by atoms with Crippen molar-refractivity contribution < 1.29 is 27.4 Å². The zero-order chi connectivity index (χ0) is 19.9. The van der Waals surface area contributed by atoms with Crippen LogP contribution in [0.15, 0.2) is 18.3 Å². The highest BCUT2D eigenvalue weighted by Crippen LogP contribution is 2.17. The maximum absolute atomic E-state index is 12.3. The fourth-order valence-corrected chi connectivity index (χ4v) is 2.92. The summed E-state index contributed by atoms with van der Waals surface area (Å²) >= 11 is 0. The Morgan fingerprint density at radius 3 is 2.59 bits per heavy atom. The van der Waals surface area contributed by atoms with Gasteiger partial charge < -0.3 is 14.8 Å². The van der Waals surface area contributed by atoms with E-state index >= 15 is 0 Å². The van der Waals surface area contributed by atoms with Crippen LogP contribution in [0.5, 0.6) is 5.88 Å². The highest BCUT2D eigenvalue weighted by molar-refractivity contribution is 5.93. The number of halogens is 3. The van der Waals surface area contributed by atoms with Crippen molar-refractivity contribution in [2.75, 3.05) is 39.5 Å². The summed E-state index contributed by atoms with van der Waals surface area (Å²) in [6.45, 7) is 6.39. The van der Waals surface area contributed by atoms with Crippen LogP contribution in [0.1, 0.15) is 30.6 Å². The molecule has 1 saturated heterocycles. The first-order valence-corrected chi connectivity index (χ1v) is 9.00. The van der Waals surface area contributed by atoms with Crippen molar-refractivity contribution in [2.45, 2.75) is 32.5 Å². The normalized spacial score (nSPS) is 17.0. The highest BCUT2D eigenvalue weighted by Gasteiger charge is 2.28. The molecular formula is C18H26F3N3O3. The SMILES string of the molecule is CC(C)CC(CNC(=O)c1ccc(OCC(F)(F)F)nc1)N1CCOCC1. The first-order valence-electron chi connectivity index (χ1n) is 9.00. The minimum atomic E-state index is -4.43. The number of carbonyl (C=O) groups is 1. The summed E-state index contributed by atoms with van der Waals surface area (Å²) in [5.41, 5.74) is 0.277. The predicted molar refractivity (Wildman–Crippen MR) is 93.8 cm³/mol. The lowest BCUT2D eigenvalue weighted by molar-refractivity contribution is -0.154. The lowest BCUT2D eigenvalue weighted by Crippen LogP contribution is -2.49. The van der Waals surface area contributed by atoms with E-state index in [0.717, 1.165) is 19.5 Å². The molecule has 0 radical (unpaired) electrons. The largest absolute Gasteiger partial charge is 0.468 e. The monoisotopic (exact) mass is 389 g/mol. The lowest BCUT2D eigenvalue weighted by atomic mass is 10.0. The number of nitrogens with zero attached hydrogens (tertiary/aromatic N) is 2. The molecule has 6 nitrogen and oxygen atoms in total. The molecule has 0 saturated carbocycles. The van der Waals surface area contributed by atoms with E-state index in [2.05, 4.69) is 33.8 Å². The number of morpholine rings is 1. The van der Waals surface area contributed by atoms with Crippen LogP contribution < -0.4 is 10.1 Å². The van der Waals surface area contributed by atoms with Crippen LogP contribution in [0.4, 0.5) is 13.2 Å². The Morgan fingerprint density at radius 2 is 2.04 bits per heavy atom. The van der Waals surface area contributed by atoms with Gasteiger partial charge in [-0.15, -0.1) is 0 Å². The van der Waals surface area contributed by atoms with Gasteiger partial charge in [0.1, 0.15) is 0 Å². The van der Waals surface area contributed by atoms with Gasteiger partial charge in [0.25, 0.3) is 5.91 Å². The van der Waals surface area contributed by atoms with E-state index in [0.29, 0.717) is 25.7 Å². The topological polar surface area (TPSA) is 63.7 Å². The van der Waals surface area contributed by atoms with Gasteiger partial charge >= 0.3 is 6.18 Å². The Morgan fingerprint density at radius 1 is 1.33 bits per heavy atom. The van der Waals surface area contributed by atoms with Gasteiger partial charge in [0.15, 0.2) is 6.61 Å². The van der Waals surface area contributed by atoms with Crippen LogP contribution in [-0.2, 0) is 4.74 Å². The van der Waals surface area contributed by atoms with Crippen LogP contribution in [0.2, 0.25) is 0 Å². The molecule has 1 aliphatic rings. The molecule has 27 heavy (non-hydrogen) atoms. The Labute approximate surface area is 157 Å². The summed E-state index contributed by atoms with van der Waals surface area (Å²) in [6.07, 6.45) is -2.27. The third-order valence-electron chi connectivity index (χ3n) is 4.19. The van der Waals surface area contributed by atoms with Crippen LogP contribution in [0.25, 0.3) is 0 Å². The number of pyridine rings is 1. The van der Waals surface area contributed by atoms with E-state index < -0.39 is 12.8 Å². The highest BCUT2D eigenvalue weighted by atomic mass is 19.4. The van der Waals surface area contributed by atoms with Crippen molar-refractivity contribution in [3.8, 4) is 5.88 Å². The summed E-state index contributed by atoms with van der Waals surface area (Å²) in [7, 11) is 0. The first kappa shape index (κ1) is 21.4. The standard InChI is InChI=1S/C18H26F3N3O3/c1-13(2)9-15(24-5-7-26-8-6-24)11-23-17(25)14-3-4-16(22-10-14)27-12-18(19,20)21/h3-4,10,13,15H,5-9,11-12H2,1-2H3,(H,23,25). The van der Waals surface area contributed by atoms with Crippen molar-refractivity contribution in [1.29, 1.82) is 0 Å². The van der Waals surface area contributed by atoms with Crippen molar-refractivity contribution in [1.82, 2.24) is 15.2 Å². The molecule has 2 rings (SSSR count). The number of hydrogen-bond donors (Lipinski definition) is 1. The number of amides is 1. The molecule has 0 aromatic carbocycles. The molecule has 1 aromatic rings. The second kappa shape index (κ2) is 9.89. The Hall–Kier alpha value is -1.87. The van der Waals surface area contributed by atoms with Crippen molar-refractivity contribution >= 4 is 5.91 Å². The summed E-state index contributed by atoms with van der Waals surface area (Å²) in [5.74, 6) is 0.00300. The minimum absolute atomic E-state index is 0.171. The lowest BCUT2D eigenvalue weighted by Gasteiger charge is -2.35. The molecule has 1 aliphatic heterocycles. The van der Waals surface area contributed by atoms with Gasteiger partial charge in [-0.1, -0.05) is 13.8 Å². The van der Waals surface area contributed by atoms with Gasteiger partial charge in [-0.05, 0) is 18.4 Å². The maximum atomic E-state index is 12.3. The fraction of sp³-hybridized carbons (Fsp3) is 0.667. The molecule has 9 heteroatoms. The van der Waals surface area contributed by atoms with Gasteiger partial charge in [-0.2, -0.15) is 13.2 Å². The van der Waals surface area contributed by atoms with Crippen LogP contribution in [-0.4, -0.2) is 67.5 Å². The van der Waals surface area contributed by atoms with Crippen LogP contribution >= 0.6 is 0 Å². The van der Waals surface area contributed by atoms with E-state index in [4.69, 9.17) is 4.74 Å². The zero-order valence-corrected chi connectivity index (χ0v) is 15.6. The van der Waals surface area contributed by atoms with E-state index in [1.165, 1.54) is 18.3 Å². The number of hydrogen-bond acceptors (Lipinski definition) is 5. The molecule has 2 heterocycles. The van der Waals surface area contributed by atoms with Gasteiger partial charge in [0.05, 0.1) is 18.8 Å². The van der Waals surface area contributed by atoms with Crippen LogP contribution in [0.3, 0.4) is 0 Å². The van der Waals surface area contributed by atoms with Gasteiger partial charge in [0.2, 0.25) is 5.88 Å². The fourth-order valence-electron chi connectivity index (χ4n) is 2.92. The van der Waals surface area contributed by atoms with E-state index in [1.54, 1.807) is 0 Å². The molecule has 0 spiro atoms. The predicted octanol–water partition coefficient (Wildman–Crippen LogP) is 2.50. The zero-order valence-electron chi connectivity index (χ0n) is 15.6. The summed E-state index contributed by atoms with van der Waals surface area (Å²) in [4.78, 5) is 18.4. The number of ether oxygens (including phenoxy) is 2. The smallest absolute Gasteiger partial charge is 0.422 e. The molecule has 1 atom stereocenters. The van der Waals surface area contributed by atoms with Crippen molar-refractivity contribution in [3.63, 3.8) is 0 Å². The molecule has 152 valence electrons. The second-order valence-electron chi connectivity index (χ2n) is 6.93. The average molecular weight is 389 g/mol. The number of alkyl halides is 3. The minimum Gasteiger partial charge on any atom is -0.468 e. The molecule has 1 unspecified atom stereocenters.